The van der Waals surface area contributed by atoms with Crippen LogP contribution in [0.25, 0.3) is 0 Å². The number of nitrogens with zero attached hydrogens (tertiary/aromatic N) is 2. The molecule has 22 heavy (non-hydrogen) atoms. The zero-order valence-electron chi connectivity index (χ0n) is 12.3. The Kier molecular flexibility index (Phi) is 6.39. The van der Waals surface area contributed by atoms with Crippen LogP contribution in [0.3, 0.4) is 0 Å². The van der Waals surface area contributed by atoms with E-state index in [-0.39, 0.29) is 35.3 Å². The summed E-state index contributed by atoms with van der Waals surface area (Å²) in [5.74, 6) is 0.145. The van der Waals surface area contributed by atoms with Gasteiger partial charge < -0.3 is 19.7 Å². The molecule has 0 aromatic heterocycles. The molecule has 1 fully saturated rings. The molecule has 1 N–H and O–H groups in total. The lowest BCUT2D eigenvalue weighted by atomic mass is 10.1. The Labute approximate surface area is 133 Å². The first-order chi connectivity index (χ1) is 10.1. The third-order valence-corrected chi connectivity index (χ3v) is 3.33. The number of methoxy groups -OCH3 is 2. The van der Waals surface area contributed by atoms with Gasteiger partial charge in [-0.25, -0.2) is 0 Å². The number of nitro benzene ring substituents is 1. The van der Waals surface area contributed by atoms with Crippen LogP contribution in [0.4, 0.5) is 5.69 Å². The Bertz CT molecular complexity index is 561. The average molecular weight is 332 g/mol. The second-order valence-electron chi connectivity index (χ2n) is 4.52. The molecule has 9 heteroatoms. The summed E-state index contributed by atoms with van der Waals surface area (Å²) >= 11 is 0. The second-order valence-corrected chi connectivity index (χ2v) is 4.52. The number of nitrogens with one attached hydrogen (secondary N) is 1. The molecule has 1 saturated heterocycles. The molecule has 122 valence electrons. The standard InChI is InChI=1S/C13H17N3O5.ClH/c1-20-11-7-9(10(16(18)19)8-12(11)21-2)13(17)15-5-3-14-4-6-15;/h7-8,14H,3-6H2,1-2H3;1H. The molecular weight excluding hydrogens is 314 g/mol. The van der Waals surface area contributed by atoms with E-state index in [4.69, 9.17) is 9.47 Å². The highest BCUT2D eigenvalue weighted by Crippen LogP contribution is 2.35. The Morgan fingerprint density at radius 3 is 2.27 bits per heavy atom. The molecule has 0 bridgehead atoms. The molecule has 0 saturated carbocycles. The predicted molar refractivity (Wildman–Crippen MR) is 82.2 cm³/mol. The van der Waals surface area contributed by atoms with Gasteiger partial charge in [0.25, 0.3) is 11.6 Å². The molecule has 0 spiro atoms. The molecule has 1 heterocycles. The van der Waals surface area contributed by atoms with E-state index in [9.17, 15) is 14.9 Å². The van der Waals surface area contributed by atoms with Crippen LogP contribution >= 0.6 is 12.4 Å². The molecule has 0 unspecified atom stereocenters. The van der Waals surface area contributed by atoms with Gasteiger partial charge in [0.05, 0.1) is 25.2 Å². The largest absolute Gasteiger partial charge is 0.493 e. The normalized spacial score (nSPS) is 14.0. The lowest BCUT2D eigenvalue weighted by molar-refractivity contribution is -0.385. The molecule has 0 radical (unpaired) electrons. The Morgan fingerprint density at radius 1 is 1.23 bits per heavy atom. The Morgan fingerprint density at radius 2 is 1.77 bits per heavy atom. The Hall–Kier alpha value is -2.06. The molecule has 1 amide bonds. The number of carbonyl (C=O) groups excluding carboxylic acids is 1. The first kappa shape index (κ1) is 18.0. The van der Waals surface area contributed by atoms with Crippen LogP contribution in [0.2, 0.25) is 0 Å². The second kappa shape index (κ2) is 7.81. The first-order valence-electron chi connectivity index (χ1n) is 6.49. The summed E-state index contributed by atoms with van der Waals surface area (Å²) in [5, 5.41) is 14.3. The lowest BCUT2D eigenvalue weighted by Gasteiger charge is -2.27. The fraction of sp³-hybridized carbons (Fsp3) is 0.462. The number of amides is 1. The van der Waals surface area contributed by atoms with E-state index in [1.165, 1.54) is 26.4 Å². The van der Waals surface area contributed by atoms with E-state index in [0.717, 1.165) is 0 Å². The Balaban J connectivity index is 0.00000242. The van der Waals surface area contributed by atoms with Gasteiger partial charge in [-0.15, -0.1) is 12.4 Å². The number of hydrogen-bond acceptors (Lipinski definition) is 6. The quantitative estimate of drug-likeness (QED) is 0.655. The SMILES string of the molecule is COc1cc(C(=O)N2CCNCC2)c([N+](=O)[O-])cc1OC.Cl. The van der Waals surface area contributed by atoms with Crippen molar-refractivity contribution in [3.8, 4) is 11.5 Å². The number of piperazine rings is 1. The van der Waals surface area contributed by atoms with Gasteiger partial charge in [-0.1, -0.05) is 0 Å². The summed E-state index contributed by atoms with van der Waals surface area (Å²) in [6, 6.07) is 2.58. The fourth-order valence-corrected chi connectivity index (χ4v) is 2.23. The van der Waals surface area contributed by atoms with Gasteiger partial charge in [0.2, 0.25) is 0 Å². The maximum atomic E-state index is 12.5. The summed E-state index contributed by atoms with van der Waals surface area (Å²) < 4.78 is 10.2. The van der Waals surface area contributed by atoms with Gasteiger partial charge in [0.1, 0.15) is 5.56 Å². The highest BCUT2D eigenvalue weighted by Gasteiger charge is 2.28. The van der Waals surface area contributed by atoms with Gasteiger partial charge >= 0.3 is 0 Å². The molecule has 8 nitrogen and oxygen atoms in total. The van der Waals surface area contributed by atoms with Crippen molar-refractivity contribution in [2.45, 2.75) is 0 Å². The van der Waals surface area contributed by atoms with E-state index in [1.807, 2.05) is 0 Å². The first-order valence-corrected chi connectivity index (χ1v) is 6.49. The van der Waals surface area contributed by atoms with Crippen LogP contribution in [-0.2, 0) is 0 Å². The maximum Gasteiger partial charge on any atom is 0.286 e. The van der Waals surface area contributed by atoms with E-state index < -0.39 is 4.92 Å². The highest BCUT2D eigenvalue weighted by atomic mass is 35.5. The number of benzene rings is 1. The predicted octanol–water partition coefficient (Wildman–Crippen LogP) is 1.08. The topological polar surface area (TPSA) is 93.9 Å². The molecule has 0 atom stereocenters. The number of halogens is 1. The van der Waals surface area contributed by atoms with Crippen molar-refractivity contribution < 1.29 is 19.2 Å². The summed E-state index contributed by atoms with van der Waals surface area (Å²) in [6.07, 6.45) is 0. The van der Waals surface area contributed by atoms with Crippen molar-refractivity contribution in [2.75, 3.05) is 40.4 Å². The number of rotatable bonds is 4. The van der Waals surface area contributed by atoms with E-state index >= 15 is 0 Å². The van der Waals surface area contributed by atoms with Crippen molar-refractivity contribution in [1.82, 2.24) is 10.2 Å². The number of carbonyl (C=O) groups is 1. The zero-order chi connectivity index (χ0) is 15.4. The van der Waals surface area contributed by atoms with Crippen molar-refractivity contribution in [3.63, 3.8) is 0 Å². The summed E-state index contributed by atoms with van der Waals surface area (Å²) in [5.41, 5.74) is -0.268. The molecular formula is C13H18ClN3O5. The number of ether oxygens (including phenoxy) is 2. The molecule has 1 aromatic rings. The van der Waals surface area contributed by atoms with Crippen LogP contribution in [0.5, 0.6) is 11.5 Å². The summed E-state index contributed by atoms with van der Waals surface area (Å²) in [6.45, 7) is 2.38. The van der Waals surface area contributed by atoms with Crippen LogP contribution in [0.1, 0.15) is 10.4 Å². The third-order valence-electron chi connectivity index (χ3n) is 3.33. The molecule has 1 aromatic carbocycles. The van der Waals surface area contributed by atoms with Crippen LogP contribution in [0, 0.1) is 10.1 Å². The average Bonchev–Trinajstić information content (AvgIpc) is 2.53. The minimum absolute atomic E-state index is 0. The van der Waals surface area contributed by atoms with Gasteiger partial charge in [-0.2, -0.15) is 0 Å². The molecule has 1 aliphatic heterocycles. The lowest BCUT2D eigenvalue weighted by Crippen LogP contribution is -2.46. The molecule has 0 aliphatic carbocycles. The minimum Gasteiger partial charge on any atom is -0.493 e. The van der Waals surface area contributed by atoms with Crippen molar-refractivity contribution in [3.05, 3.63) is 27.8 Å². The van der Waals surface area contributed by atoms with E-state index in [0.29, 0.717) is 31.9 Å². The van der Waals surface area contributed by atoms with Crippen molar-refractivity contribution in [1.29, 1.82) is 0 Å². The zero-order valence-corrected chi connectivity index (χ0v) is 13.1. The fourth-order valence-electron chi connectivity index (χ4n) is 2.23. The summed E-state index contributed by atoms with van der Waals surface area (Å²) in [4.78, 5) is 24.7. The van der Waals surface area contributed by atoms with E-state index in [1.54, 1.807) is 4.90 Å². The third kappa shape index (κ3) is 3.58. The molecule has 2 rings (SSSR count). The van der Waals surface area contributed by atoms with Gasteiger partial charge in [0.15, 0.2) is 11.5 Å². The van der Waals surface area contributed by atoms with Crippen LogP contribution < -0.4 is 14.8 Å². The van der Waals surface area contributed by atoms with Crippen LogP contribution in [-0.4, -0.2) is 56.1 Å². The van der Waals surface area contributed by atoms with Gasteiger partial charge in [-0.3, -0.25) is 14.9 Å². The highest BCUT2D eigenvalue weighted by molar-refractivity contribution is 5.99. The van der Waals surface area contributed by atoms with Crippen LogP contribution in [0.15, 0.2) is 12.1 Å². The van der Waals surface area contributed by atoms with Crippen molar-refractivity contribution in [2.24, 2.45) is 0 Å². The van der Waals surface area contributed by atoms with Gasteiger partial charge in [-0.05, 0) is 0 Å². The maximum absolute atomic E-state index is 12.5. The summed E-state index contributed by atoms with van der Waals surface area (Å²) in [7, 11) is 2.81. The monoisotopic (exact) mass is 331 g/mol. The smallest absolute Gasteiger partial charge is 0.286 e. The van der Waals surface area contributed by atoms with Gasteiger partial charge in [0, 0.05) is 32.2 Å². The minimum atomic E-state index is -0.586. The number of hydrogen-bond donors (Lipinski definition) is 1. The number of nitro groups is 1. The molecule has 1 aliphatic rings. The van der Waals surface area contributed by atoms with E-state index in [2.05, 4.69) is 5.32 Å². The van der Waals surface area contributed by atoms with Crippen molar-refractivity contribution >= 4 is 24.0 Å².